The van der Waals surface area contributed by atoms with Crippen LogP contribution in [0.25, 0.3) is 22.3 Å². The second-order valence-electron chi connectivity index (χ2n) is 23.2. The molecular weight excluding hydrogens is 1650 g/mol. The normalized spacial score (nSPS) is 9.65. The maximum Gasteiger partial charge on any atom is 0.488 e. The van der Waals surface area contributed by atoms with Crippen molar-refractivity contribution in [2.45, 2.75) is 0 Å². The molecule has 1 amide bonds. The maximum absolute atomic E-state index is 11.6. The van der Waals surface area contributed by atoms with Crippen molar-refractivity contribution in [3.05, 3.63) is 339 Å². The molecule has 121 heavy (non-hydrogen) atoms. The molecule has 10 aromatic carbocycles. The zero-order valence-corrected chi connectivity index (χ0v) is 68.0. The van der Waals surface area contributed by atoms with E-state index in [1.54, 1.807) is 115 Å². The Hall–Kier alpha value is -15.0. The number of hydrogen-bond donors (Lipinski definition) is 13. The Morgan fingerprint density at radius 3 is 1.07 bits per heavy atom. The highest BCUT2D eigenvalue weighted by Gasteiger charge is 2.18. The topological polar surface area (TPSA) is 485 Å². The van der Waals surface area contributed by atoms with Gasteiger partial charge in [-0.1, -0.05) is 170 Å². The van der Waals surface area contributed by atoms with Crippen LogP contribution >= 0.6 is 59.0 Å². The molecule has 0 aliphatic rings. The summed E-state index contributed by atoms with van der Waals surface area (Å²) >= 11 is 25.1. The molecule has 0 fully saturated rings. The molecule has 0 atom stereocenters. The number of aromatic hydroxyl groups is 1. The summed E-state index contributed by atoms with van der Waals surface area (Å²) in [5.74, 6) is 6.68. The molecule has 35 heteroatoms. The smallest absolute Gasteiger partial charge is 0.488 e. The standard InChI is InChI=1S/C25H20N4O3.C22H18N4O2.C12H11BO3.C10H9ClN4O.C6H7NO.C4H3Cl2N3.C3H3ClO.C3H4O2.CH4S/c1-2-22(30)29-18-7-6-10-21(15-18)32-25-23(24(26)27-16-28-25)17-11-13-20(14-12-17)31-19-8-4-3-5-9-19;23-16-5-4-8-19(13-16)28-22-20(21(24)25-14-26-22)15-9-11-18(12-10-15)27-17-6-2-1-3-7-17;14-13(15)10-6-8-12(9-7-10)16-11-4-2-1-3-5-11;11-8-9(13)14-5-15-10(8)16-7-3-1-2-6(12)4-7;7-5-2-1-3-6(8)4-5;5-2-3(6)8-1-9-4(2)7;2*1-2-3(4)5;1-2/h2-16H,1H2,(H,29,30)(H2,26,27,28);1-14H,23H2,(H2,24,25,26);1-9,14-15H;1-5H,12H2,(H2,13,14,15);1-4,8H,7H2;1H,(H2,7,8,9);2H,1H2;2H,1H2,(H,4,5);2H,1H3. The van der Waals surface area contributed by atoms with Crippen molar-refractivity contribution in [3.8, 4) is 97.4 Å². The van der Waals surface area contributed by atoms with Gasteiger partial charge < -0.3 is 94.1 Å². The Morgan fingerprint density at radius 2 is 0.719 bits per heavy atom. The van der Waals surface area contributed by atoms with Gasteiger partial charge in [-0.05, 0) is 168 Å². The van der Waals surface area contributed by atoms with Gasteiger partial charge in [-0.2, -0.15) is 17.6 Å². The largest absolute Gasteiger partial charge is 0.508 e. The van der Waals surface area contributed by atoms with Crippen LogP contribution < -0.4 is 79.3 Å². The number of ether oxygens (including phenoxy) is 6. The number of benzene rings is 10. The quantitative estimate of drug-likeness (QED) is 0.00893. The number of nitrogens with one attached hydrogen (secondary N) is 1. The summed E-state index contributed by atoms with van der Waals surface area (Å²) in [5.41, 5.74) is 45.3. The monoisotopic (exact) mass is 1730 g/mol. The molecule has 14 rings (SSSR count). The van der Waals surface area contributed by atoms with Crippen molar-refractivity contribution < 1.29 is 63.1 Å². The van der Waals surface area contributed by atoms with Gasteiger partial charge in [0, 0.05) is 53.1 Å². The van der Waals surface area contributed by atoms with Crippen molar-refractivity contribution in [1.29, 1.82) is 0 Å². The Morgan fingerprint density at radius 1 is 0.388 bits per heavy atom. The second kappa shape index (κ2) is 51.2. The fourth-order valence-electron chi connectivity index (χ4n) is 9.07. The van der Waals surface area contributed by atoms with Crippen molar-refractivity contribution in [2.75, 3.05) is 51.7 Å². The molecule has 0 radical (unpaired) electrons. The number of allylic oxidation sites excluding steroid dienone is 1. The third kappa shape index (κ3) is 34.0. The molecule has 0 bridgehead atoms. The number of rotatable bonds is 19. The average Bonchev–Trinajstić information content (AvgIpc) is 0.830. The van der Waals surface area contributed by atoms with E-state index in [1.807, 2.05) is 146 Å². The highest BCUT2D eigenvalue weighted by Crippen LogP contribution is 2.39. The molecule has 0 spiro atoms. The maximum atomic E-state index is 11.6. The number of nitrogens with two attached hydrogens (primary N) is 7. The number of aromatic nitrogens is 8. The van der Waals surface area contributed by atoms with Gasteiger partial charge >= 0.3 is 13.1 Å². The minimum atomic E-state index is -1.44. The van der Waals surface area contributed by atoms with E-state index in [0.717, 1.165) is 40.5 Å². The number of nitrogen functional groups attached to an aromatic ring is 7. The van der Waals surface area contributed by atoms with Crippen LogP contribution in [-0.4, -0.2) is 90.6 Å². The highest BCUT2D eigenvalue weighted by atomic mass is 35.5. The van der Waals surface area contributed by atoms with Gasteiger partial charge in [0.2, 0.25) is 28.8 Å². The van der Waals surface area contributed by atoms with Crippen LogP contribution in [0.4, 0.5) is 46.0 Å². The van der Waals surface area contributed by atoms with E-state index < -0.39 is 18.3 Å². The minimum absolute atomic E-state index is 0.176. The lowest BCUT2D eigenvalue weighted by Gasteiger charge is -2.13. The first-order valence-electron chi connectivity index (χ1n) is 35.0. The van der Waals surface area contributed by atoms with Crippen LogP contribution in [-0.2, 0) is 14.4 Å². The van der Waals surface area contributed by atoms with E-state index in [9.17, 15) is 14.4 Å². The number of carboxylic acids is 1. The summed E-state index contributed by atoms with van der Waals surface area (Å²) in [7, 11) is -1.44. The second-order valence-corrected chi connectivity index (χ2v) is 24.7. The number of phenolic OH excluding ortho intramolecular Hbond substituents is 1. The fourth-order valence-corrected chi connectivity index (χ4v) is 9.44. The predicted molar refractivity (Wildman–Crippen MR) is 481 cm³/mol. The first-order valence-corrected chi connectivity index (χ1v) is 37.4. The van der Waals surface area contributed by atoms with Gasteiger partial charge in [-0.25, -0.2) is 39.7 Å². The van der Waals surface area contributed by atoms with Crippen molar-refractivity contribution in [1.82, 2.24) is 39.9 Å². The van der Waals surface area contributed by atoms with Crippen LogP contribution in [0, 0.1) is 0 Å². The number of thiol groups is 1. The summed E-state index contributed by atoms with van der Waals surface area (Å²) < 4.78 is 34.5. The van der Waals surface area contributed by atoms with Gasteiger partial charge in [0.05, 0.1) is 11.1 Å². The number of hydrogen-bond acceptors (Lipinski definition) is 28. The Balaban J connectivity index is 0.000000230. The molecule has 0 saturated heterocycles. The summed E-state index contributed by atoms with van der Waals surface area (Å²) in [6, 6.07) is 77.5. The molecular formula is C86H79BCl4N16O13S. The number of anilines is 8. The zero-order valence-electron chi connectivity index (χ0n) is 64.1. The number of carbonyl (C=O) groups is 3. The molecule has 4 aromatic heterocycles. The fraction of sp³-hybridized carbons (Fsp3) is 0.0116. The first-order chi connectivity index (χ1) is 58.3. The number of phenols is 1. The molecule has 4 heterocycles. The van der Waals surface area contributed by atoms with Gasteiger partial charge in [0.1, 0.15) is 116 Å². The predicted octanol–water partition coefficient (Wildman–Crippen LogP) is 17.7. The van der Waals surface area contributed by atoms with Gasteiger partial charge in [0.15, 0.2) is 5.15 Å². The summed E-state index contributed by atoms with van der Waals surface area (Å²) in [4.78, 5) is 61.8. The summed E-state index contributed by atoms with van der Waals surface area (Å²) in [5, 5.41) is 36.9. The number of halogens is 4. The number of amides is 1. The van der Waals surface area contributed by atoms with E-state index in [0.29, 0.717) is 91.4 Å². The van der Waals surface area contributed by atoms with E-state index in [4.69, 9.17) is 135 Å². The van der Waals surface area contributed by atoms with E-state index in [-0.39, 0.29) is 50.2 Å². The first kappa shape index (κ1) is 94.9. The third-order valence-corrected chi connectivity index (χ3v) is 15.8. The third-order valence-electron chi connectivity index (χ3n) is 14.5. The van der Waals surface area contributed by atoms with Crippen molar-refractivity contribution in [3.63, 3.8) is 0 Å². The lowest BCUT2D eigenvalue weighted by atomic mass is 9.80. The highest BCUT2D eigenvalue weighted by molar-refractivity contribution is 7.79. The SMILES string of the molecule is C=CC(=O)Cl.C=CC(=O)Nc1cccc(Oc2ncnc(N)c2-c2ccc(Oc3ccccc3)cc2)c1.C=CC(=O)O.CS.Nc1cccc(O)c1.Nc1cccc(Oc2ncnc(N)c2-c2ccc(Oc3ccccc3)cc2)c1.Nc1cccc(Oc2ncnc(N)c2Cl)c1.Nc1ncnc(Cl)c1Cl.OB(O)c1ccc(Oc2ccccc2)cc1. The van der Waals surface area contributed by atoms with Crippen LogP contribution in [0.3, 0.4) is 0 Å². The molecule has 14 aromatic rings. The van der Waals surface area contributed by atoms with Crippen molar-refractivity contribution in [2.24, 2.45) is 0 Å². The van der Waals surface area contributed by atoms with Crippen LogP contribution in [0.5, 0.6) is 75.1 Å². The molecule has 0 aliphatic carbocycles. The van der Waals surface area contributed by atoms with E-state index >= 15 is 0 Å². The van der Waals surface area contributed by atoms with E-state index in [1.165, 1.54) is 37.5 Å². The number of nitrogens with zero attached hydrogens (tertiary/aromatic N) is 8. The Bertz CT molecular complexity index is 5570. The molecule has 0 aliphatic heterocycles. The minimum Gasteiger partial charge on any atom is -0.508 e. The van der Waals surface area contributed by atoms with Crippen LogP contribution in [0.15, 0.2) is 324 Å². The van der Waals surface area contributed by atoms with Crippen LogP contribution in [0.1, 0.15) is 0 Å². The molecule has 19 N–H and O–H groups in total. The lowest BCUT2D eigenvalue weighted by Crippen LogP contribution is -2.29. The van der Waals surface area contributed by atoms with E-state index in [2.05, 4.69) is 77.6 Å². The number of aliphatic carboxylic acids is 1. The number of carbonyl (C=O) groups excluding carboxylic acids is 2. The Labute approximate surface area is 721 Å². The number of carboxylic acid groups (broad SMARTS) is 1. The van der Waals surface area contributed by atoms with Gasteiger partial charge in [0.25, 0.3) is 0 Å². The lowest BCUT2D eigenvalue weighted by molar-refractivity contribution is -0.131. The van der Waals surface area contributed by atoms with Gasteiger partial charge in [-0.15, -0.1) is 0 Å². The van der Waals surface area contributed by atoms with Gasteiger partial charge in [-0.3, -0.25) is 9.59 Å². The summed E-state index contributed by atoms with van der Waals surface area (Å²) in [6.45, 7) is 9.49. The molecule has 618 valence electrons. The molecule has 29 nitrogen and oxygen atoms in total. The average molecular weight is 1730 g/mol. The van der Waals surface area contributed by atoms with Crippen molar-refractivity contribution >= 4 is 135 Å². The Kier molecular flexibility index (Phi) is 40.1. The summed E-state index contributed by atoms with van der Waals surface area (Å²) in [6.07, 6.45) is 10.0. The zero-order chi connectivity index (χ0) is 88.0. The molecule has 0 saturated carbocycles. The molecule has 0 unspecified atom stereocenters. The van der Waals surface area contributed by atoms with Crippen LogP contribution in [0.2, 0.25) is 15.2 Å². The number of para-hydroxylation sites is 3.